The highest BCUT2D eigenvalue weighted by molar-refractivity contribution is 7.13. The fourth-order valence-electron chi connectivity index (χ4n) is 2.67. The van der Waals surface area contributed by atoms with Gasteiger partial charge in [0.1, 0.15) is 16.5 Å². The Morgan fingerprint density at radius 2 is 1.79 bits per heavy atom. The van der Waals surface area contributed by atoms with Gasteiger partial charge in [-0.25, -0.2) is 4.98 Å². The first kappa shape index (κ1) is 20.9. The average Bonchev–Trinajstić information content (AvgIpc) is 3.19. The van der Waals surface area contributed by atoms with Crippen LogP contribution in [0.4, 0.5) is 5.69 Å². The molecular formula is C23H26N2O3S. The van der Waals surface area contributed by atoms with Gasteiger partial charge < -0.3 is 14.8 Å². The number of methoxy groups -OCH3 is 1. The van der Waals surface area contributed by atoms with E-state index in [1.165, 1.54) is 0 Å². The predicted molar refractivity (Wildman–Crippen MR) is 118 cm³/mol. The van der Waals surface area contributed by atoms with Crippen molar-refractivity contribution in [3.63, 3.8) is 0 Å². The first-order valence-corrected chi connectivity index (χ1v) is 10.3. The molecule has 3 rings (SSSR count). The molecule has 1 aromatic heterocycles. The average molecular weight is 411 g/mol. The van der Waals surface area contributed by atoms with E-state index in [-0.39, 0.29) is 11.3 Å². The number of aromatic nitrogens is 1. The molecule has 152 valence electrons. The molecule has 0 aliphatic carbocycles. The summed E-state index contributed by atoms with van der Waals surface area (Å²) in [7, 11) is 1.57. The molecule has 1 N–H and O–H groups in total. The van der Waals surface area contributed by atoms with Crippen molar-refractivity contribution < 1.29 is 14.3 Å². The zero-order chi connectivity index (χ0) is 21.0. The van der Waals surface area contributed by atoms with Crippen LogP contribution >= 0.6 is 11.3 Å². The van der Waals surface area contributed by atoms with Crippen molar-refractivity contribution >= 4 is 22.9 Å². The number of anilines is 1. The van der Waals surface area contributed by atoms with E-state index in [1.54, 1.807) is 37.5 Å². The van der Waals surface area contributed by atoms with Crippen LogP contribution in [-0.2, 0) is 10.2 Å². The lowest BCUT2D eigenvalue weighted by Crippen LogP contribution is -2.30. The molecule has 6 heteroatoms. The summed E-state index contributed by atoms with van der Waals surface area (Å²) < 4.78 is 11.1. The molecule has 2 aromatic carbocycles. The van der Waals surface area contributed by atoms with Gasteiger partial charge in [0, 0.05) is 16.4 Å². The van der Waals surface area contributed by atoms with Gasteiger partial charge in [-0.1, -0.05) is 32.9 Å². The fourth-order valence-corrected chi connectivity index (χ4v) is 3.72. The van der Waals surface area contributed by atoms with Crippen molar-refractivity contribution in [2.75, 3.05) is 12.4 Å². The number of ether oxygens (including phenoxy) is 2. The minimum absolute atomic E-state index is 0.0298. The normalized spacial score (nSPS) is 12.3. The molecule has 1 heterocycles. The molecule has 0 fully saturated rings. The summed E-state index contributed by atoms with van der Waals surface area (Å²) in [6, 6.07) is 14.9. The van der Waals surface area contributed by atoms with E-state index in [2.05, 4.69) is 31.5 Å². The van der Waals surface area contributed by atoms with E-state index in [9.17, 15) is 4.79 Å². The molecule has 3 aromatic rings. The van der Waals surface area contributed by atoms with Gasteiger partial charge >= 0.3 is 0 Å². The van der Waals surface area contributed by atoms with Gasteiger partial charge in [0.25, 0.3) is 5.91 Å². The molecule has 0 unspecified atom stereocenters. The van der Waals surface area contributed by atoms with Gasteiger partial charge in [-0.2, -0.15) is 0 Å². The van der Waals surface area contributed by atoms with Crippen LogP contribution in [0.15, 0.2) is 53.9 Å². The van der Waals surface area contributed by atoms with Crippen LogP contribution in [0, 0.1) is 0 Å². The molecule has 0 aliphatic rings. The van der Waals surface area contributed by atoms with Crippen LogP contribution in [0.1, 0.15) is 33.4 Å². The van der Waals surface area contributed by atoms with E-state index in [1.807, 2.05) is 36.4 Å². The number of carbonyl (C=O) groups excluding carboxylic acids is 1. The fraction of sp³-hybridized carbons (Fsp3) is 0.304. The third kappa shape index (κ3) is 5.15. The highest BCUT2D eigenvalue weighted by atomic mass is 32.1. The maximum Gasteiger partial charge on any atom is 0.265 e. The summed E-state index contributed by atoms with van der Waals surface area (Å²) >= 11 is 1.63. The molecule has 0 radical (unpaired) electrons. The van der Waals surface area contributed by atoms with Crippen LogP contribution in [0.3, 0.4) is 0 Å². The molecule has 0 bridgehead atoms. The maximum absolute atomic E-state index is 12.5. The topological polar surface area (TPSA) is 60.5 Å². The second kappa shape index (κ2) is 8.66. The first-order valence-electron chi connectivity index (χ1n) is 9.45. The Bertz CT molecular complexity index is 974. The Labute approximate surface area is 175 Å². The number of hydrogen-bond acceptors (Lipinski definition) is 5. The Hall–Kier alpha value is -2.86. The van der Waals surface area contributed by atoms with Gasteiger partial charge in [-0.05, 0) is 43.3 Å². The zero-order valence-electron chi connectivity index (χ0n) is 17.4. The summed E-state index contributed by atoms with van der Waals surface area (Å²) in [5.74, 6) is 0.993. The molecule has 0 spiro atoms. The minimum atomic E-state index is -0.655. The Morgan fingerprint density at radius 1 is 1.10 bits per heavy atom. The number of para-hydroxylation sites is 2. The van der Waals surface area contributed by atoms with Crippen LogP contribution in [0.25, 0.3) is 10.6 Å². The predicted octanol–water partition coefficient (Wildman–Crippen LogP) is 5.52. The van der Waals surface area contributed by atoms with Crippen molar-refractivity contribution in [1.29, 1.82) is 0 Å². The van der Waals surface area contributed by atoms with E-state index in [0.717, 1.165) is 16.3 Å². The van der Waals surface area contributed by atoms with E-state index >= 15 is 0 Å². The molecule has 1 amide bonds. The number of nitrogens with one attached hydrogen (secondary N) is 1. The zero-order valence-corrected chi connectivity index (χ0v) is 18.2. The van der Waals surface area contributed by atoms with Gasteiger partial charge in [0.05, 0.1) is 18.5 Å². The van der Waals surface area contributed by atoms with Gasteiger partial charge in [0.15, 0.2) is 6.10 Å². The minimum Gasteiger partial charge on any atom is -0.495 e. The lowest BCUT2D eigenvalue weighted by molar-refractivity contribution is -0.122. The summed E-state index contributed by atoms with van der Waals surface area (Å²) in [4.78, 5) is 17.2. The lowest BCUT2D eigenvalue weighted by atomic mass is 9.93. The second-order valence-corrected chi connectivity index (χ2v) is 8.62. The number of thiazole rings is 1. The lowest BCUT2D eigenvalue weighted by Gasteiger charge is -2.16. The van der Waals surface area contributed by atoms with Gasteiger partial charge in [-0.3, -0.25) is 4.79 Å². The number of hydrogen-bond donors (Lipinski definition) is 1. The molecule has 0 saturated heterocycles. The molecule has 1 atom stereocenters. The van der Waals surface area contributed by atoms with Crippen molar-refractivity contribution in [3.8, 4) is 22.1 Å². The van der Waals surface area contributed by atoms with Crippen molar-refractivity contribution in [3.05, 3.63) is 59.6 Å². The van der Waals surface area contributed by atoms with Crippen molar-refractivity contribution in [2.45, 2.75) is 39.2 Å². The smallest absolute Gasteiger partial charge is 0.265 e. The Kier molecular flexibility index (Phi) is 6.23. The summed E-state index contributed by atoms with van der Waals surface area (Å²) in [6.45, 7) is 8.18. The molecule has 0 aliphatic heterocycles. The molecule has 0 saturated carbocycles. The Morgan fingerprint density at radius 3 is 2.41 bits per heavy atom. The number of rotatable bonds is 6. The number of carbonyl (C=O) groups is 1. The Balaban J connectivity index is 1.64. The summed E-state index contributed by atoms with van der Waals surface area (Å²) in [5.41, 5.74) is 2.76. The van der Waals surface area contributed by atoms with E-state index < -0.39 is 6.10 Å². The first-order chi connectivity index (χ1) is 13.8. The van der Waals surface area contributed by atoms with Crippen molar-refractivity contribution in [2.24, 2.45) is 0 Å². The SMILES string of the molecule is COc1ccccc1NC(=O)[C@@H](C)Oc1ccc(-c2nc(C(C)(C)C)cs2)cc1. The quantitative estimate of drug-likeness (QED) is 0.581. The van der Waals surface area contributed by atoms with Gasteiger partial charge in [-0.15, -0.1) is 11.3 Å². The largest absolute Gasteiger partial charge is 0.495 e. The van der Waals surface area contributed by atoms with Crippen LogP contribution in [0.2, 0.25) is 0 Å². The van der Waals surface area contributed by atoms with Gasteiger partial charge in [0.2, 0.25) is 0 Å². The maximum atomic E-state index is 12.5. The second-order valence-electron chi connectivity index (χ2n) is 7.76. The number of benzene rings is 2. The van der Waals surface area contributed by atoms with Crippen LogP contribution in [-0.4, -0.2) is 24.1 Å². The standard InChI is InChI=1S/C23H26N2O3S/c1-15(21(26)24-18-8-6-7-9-19(18)27-5)28-17-12-10-16(11-13-17)22-25-20(14-29-22)23(2,3)4/h6-15H,1-5H3,(H,24,26)/t15-/m1/s1. The number of nitrogens with zero attached hydrogens (tertiary/aromatic N) is 1. The number of amides is 1. The molecule has 5 nitrogen and oxygen atoms in total. The van der Waals surface area contributed by atoms with Crippen molar-refractivity contribution in [1.82, 2.24) is 4.98 Å². The summed E-state index contributed by atoms with van der Waals surface area (Å²) in [6.07, 6.45) is -0.655. The van der Waals surface area contributed by atoms with E-state index in [0.29, 0.717) is 17.2 Å². The summed E-state index contributed by atoms with van der Waals surface area (Å²) in [5, 5.41) is 5.91. The monoisotopic (exact) mass is 410 g/mol. The third-order valence-electron chi connectivity index (χ3n) is 4.42. The van der Waals surface area contributed by atoms with E-state index in [4.69, 9.17) is 14.5 Å². The highest BCUT2D eigenvalue weighted by Crippen LogP contribution is 2.31. The highest BCUT2D eigenvalue weighted by Gasteiger charge is 2.19. The van der Waals surface area contributed by atoms with Crippen LogP contribution in [0.5, 0.6) is 11.5 Å². The van der Waals surface area contributed by atoms with Crippen LogP contribution < -0.4 is 14.8 Å². The third-order valence-corrected chi connectivity index (χ3v) is 5.31. The molecule has 29 heavy (non-hydrogen) atoms. The molecular weight excluding hydrogens is 384 g/mol.